The van der Waals surface area contributed by atoms with E-state index in [0.29, 0.717) is 5.69 Å². The van der Waals surface area contributed by atoms with Crippen LogP contribution in [0.3, 0.4) is 0 Å². The van der Waals surface area contributed by atoms with E-state index in [1.54, 1.807) is 0 Å². The van der Waals surface area contributed by atoms with Crippen molar-refractivity contribution in [2.75, 3.05) is 5.73 Å². The topological polar surface area (TPSA) is 44.5 Å². The molecule has 0 atom stereocenters. The Kier molecular flexibility index (Phi) is 3.82. The molecule has 1 heterocycles. The molecule has 1 aliphatic rings. The quantitative estimate of drug-likeness (QED) is 0.616. The first-order chi connectivity index (χ1) is 7.33. The molecule has 0 saturated carbocycles. The summed E-state index contributed by atoms with van der Waals surface area (Å²) in [4.78, 5) is 0. The zero-order chi connectivity index (χ0) is 12.0. The molecule has 0 aromatic heterocycles. The van der Waals surface area contributed by atoms with E-state index in [-0.39, 0.29) is 30.7 Å². The summed E-state index contributed by atoms with van der Waals surface area (Å²) in [6.07, 6.45) is 0. The molecule has 0 unspecified atom stereocenters. The van der Waals surface area contributed by atoms with Crippen molar-refractivity contribution in [3.63, 3.8) is 0 Å². The van der Waals surface area contributed by atoms with Gasteiger partial charge in [-0.15, -0.1) is 12.4 Å². The highest BCUT2D eigenvalue weighted by Crippen LogP contribution is 2.36. The fraction of sp³-hybridized carbons (Fsp3) is 0.500. The number of nitrogen functional groups attached to an aromatic ring is 1. The van der Waals surface area contributed by atoms with E-state index >= 15 is 0 Å². The second kappa shape index (κ2) is 4.52. The third-order valence-corrected chi connectivity index (χ3v) is 3.50. The maximum absolute atomic E-state index is 5.93. The lowest BCUT2D eigenvalue weighted by atomic mass is 9.78. The molecule has 0 amide bonds. The normalized spacial score (nSPS) is 21.1. The van der Waals surface area contributed by atoms with Gasteiger partial charge in [0.1, 0.15) is 0 Å². The number of hydrogen-bond donors (Lipinski definition) is 1. The Morgan fingerprint density at radius 1 is 1.00 bits per heavy atom. The molecule has 0 bridgehead atoms. The maximum atomic E-state index is 5.93. The molecule has 1 fully saturated rings. The van der Waals surface area contributed by atoms with Crippen LogP contribution < -0.4 is 11.2 Å². The van der Waals surface area contributed by atoms with Gasteiger partial charge in [-0.3, -0.25) is 0 Å². The van der Waals surface area contributed by atoms with Gasteiger partial charge in [-0.05, 0) is 33.8 Å². The fourth-order valence-corrected chi connectivity index (χ4v) is 1.70. The van der Waals surface area contributed by atoms with Gasteiger partial charge in [0.05, 0.1) is 11.2 Å². The van der Waals surface area contributed by atoms with Crippen LogP contribution in [0.4, 0.5) is 5.69 Å². The van der Waals surface area contributed by atoms with Gasteiger partial charge < -0.3 is 15.0 Å². The van der Waals surface area contributed by atoms with Crippen LogP contribution in [0.1, 0.15) is 27.7 Å². The second-order valence-electron chi connectivity index (χ2n) is 5.22. The standard InChI is InChI=1S/C12H18BNO2.ClH/c1-11(2)12(3,4)16-13(15-11)9-7-5-6-8-10(9)14;/h5-8H,14H2,1-4H3;1H. The van der Waals surface area contributed by atoms with Crippen LogP contribution in [0.2, 0.25) is 0 Å². The molecule has 0 aliphatic carbocycles. The zero-order valence-corrected chi connectivity index (χ0v) is 11.5. The highest BCUT2D eigenvalue weighted by Gasteiger charge is 2.52. The Hall–Kier alpha value is -0.705. The first-order valence-corrected chi connectivity index (χ1v) is 5.53. The average molecular weight is 256 g/mol. The van der Waals surface area contributed by atoms with E-state index in [0.717, 1.165) is 5.46 Å². The highest BCUT2D eigenvalue weighted by molar-refractivity contribution is 6.63. The Labute approximate surface area is 109 Å². The van der Waals surface area contributed by atoms with E-state index < -0.39 is 0 Å². The van der Waals surface area contributed by atoms with Crippen molar-refractivity contribution in [3.8, 4) is 0 Å². The summed E-state index contributed by atoms with van der Waals surface area (Å²) >= 11 is 0. The van der Waals surface area contributed by atoms with Crippen LogP contribution in [0.5, 0.6) is 0 Å². The smallest absolute Gasteiger partial charge is 0.399 e. The molecule has 2 N–H and O–H groups in total. The van der Waals surface area contributed by atoms with Gasteiger partial charge in [-0.2, -0.15) is 0 Å². The van der Waals surface area contributed by atoms with Crippen molar-refractivity contribution in [2.24, 2.45) is 0 Å². The van der Waals surface area contributed by atoms with E-state index in [9.17, 15) is 0 Å². The highest BCUT2D eigenvalue weighted by atomic mass is 35.5. The molecule has 2 rings (SSSR count). The lowest BCUT2D eigenvalue weighted by Gasteiger charge is -2.32. The predicted molar refractivity (Wildman–Crippen MR) is 73.8 cm³/mol. The SMILES string of the molecule is CC1(C)OB(c2ccccc2N)OC1(C)C.Cl. The molecule has 0 radical (unpaired) electrons. The Balaban J connectivity index is 0.00000144. The van der Waals surface area contributed by atoms with Crippen molar-refractivity contribution in [1.29, 1.82) is 0 Å². The molecule has 1 aromatic carbocycles. The minimum Gasteiger partial charge on any atom is -0.399 e. The van der Waals surface area contributed by atoms with Crippen LogP contribution in [0.25, 0.3) is 0 Å². The third-order valence-electron chi connectivity index (χ3n) is 3.50. The van der Waals surface area contributed by atoms with Crippen LogP contribution in [0, 0.1) is 0 Å². The Bertz CT molecular complexity index is 393. The van der Waals surface area contributed by atoms with Crippen LogP contribution >= 0.6 is 12.4 Å². The van der Waals surface area contributed by atoms with Crippen LogP contribution in [-0.2, 0) is 9.31 Å². The van der Waals surface area contributed by atoms with Crippen molar-refractivity contribution >= 4 is 30.7 Å². The number of rotatable bonds is 1. The van der Waals surface area contributed by atoms with E-state index in [4.69, 9.17) is 15.0 Å². The maximum Gasteiger partial charge on any atom is 0.496 e. The molecule has 1 saturated heterocycles. The van der Waals surface area contributed by atoms with E-state index in [2.05, 4.69) is 0 Å². The molecule has 0 spiro atoms. The van der Waals surface area contributed by atoms with Gasteiger partial charge in [-0.25, -0.2) is 0 Å². The Morgan fingerprint density at radius 3 is 1.94 bits per heavy atom. The van der Waals surface area contributed by atoms with Gasteiger partial charge >= 0.3 is 7.12 Å². The molecular formula is C12H19BClNO2. The summed E-state index contributed by atoms with van der Waals surface area (Å²) in [7, 11) is -0.369. The molecule has 94 valence electrons. The number of para-hydroxylation sites is 1. The zero-order valence-electron chi connectivity index (χ0n) is 10.7. The van der Waals surface area contributed by atoms with E-state index in [1.807, 2.05) is 52.0 Å². The first kappa shape index (κ1) is 14.4. The van der Waals surface area contributed by atoms with E-state index in [1.165, 1.54) is 0 Å². The summed E-state index contributed by atoms with van der Waals surface area (Å²) in [5, 5.41) is 0. The lowest BCUT2D eigenvalue weighted by molar-refractivity contribution is 0.00578. The van der Waals surface area contributed by atoms with Crippen molar-refractivity contribution in [2.45, 2.75) is 38.9 Å². The molecule has 1 aromatic rings. The number of nitrogens with two attached hydrogens (primary N) is 1. The largest absolute Gasteiger partial charge is 0.496 e. The lowest BCUT2D eigenvalue weighted by Crippen LogP contribution is -2.41. The van der Waals surface area contributed by atoms with Gasteiger partial charge in [0, 0.05) is 11.2 Å². The van der Waals surface area contributed by atoms with Gasteiger partial charge in [0.15, 0.2) is 0 Å². The summed E-state index contributed by atoms with van der Waals surface area (Å²) in [6, 6.07) is 7.65. The number of hydrogen-bond acceptors (Lipinski definition) is 3. The van der Waals surface area contributed by atoms with Gasteiger partial charge in [0.2, 0.25) is 0 Å². The number of anilines is 1. The van der Waals surface area contributed by atoms with Crippen molar-refractivity contribution < 1.29 is 9.31 Å². The molecule has 1 aliphatic heterocycles. The molecule has 17 heavy (non-hydrogen) atoms. The van der Waals surface area contributed by atoms with Crippen molar-refractivity contribution in [1.82, 2.24) is 0 Å². The monoisotopic (exact) mass is 255 g/mol. The average Bonchev–Trinajstić information content (AvgIpc) is 2.36. The molecular weight excluding hydrogens is 236 g/mol. The second-order valence-corrected chi connectivity index (χ2v) is 5.22. The molecule has 5 heteroatoms. The predicted octanol–water partition coefficient (Wildman–Crippen LogP) is 1.99. The van der Waals surface area contributed by atoms with Gasteiger partial charge in [0.25, 0.3) is 0 Å². The van der Waals surface area contributed by atoms with Gasteiger partial charge in [-0.1, -0.05) is 18.2 Å². The third kappa shape index (κ3) is 2.44. The number of benzene rings is 1. The first-order valence-electron chi connectivity index (χ1n) is 5.53. The van der Waals surface area contributed by atoms with Crippen molar-refractivity contribution in [3.05, 3.63) is 24.3 Å². The fourth-order valence-electron chi connectivity index (χ4n) is 1.70. The summed E-state index contributed by atoms with van der Waals surface area (Å²) in [5.41, 5.74) is 6.89. The minimum absolute atomic E-state index is 0. The van der Waals surface area contributed by atoms with Crippen LogP contribution in [-0.4, -0.2) is 18.3 Å². The summed E-state index contributed by atoms with van der Waals surface area (Å²) in [5.74, 6) is 0. The van der Waals surface area contributed by atoms with Crippen LogP contribution in [0.15, 0.2) is 24.3 Å². The number of halogens is 1. The minimum atomic E-state index is -0.369. The molecule has 3 nitrogen and oxygen atoms in total. The summed E-state index contributed by atoms with van der Waals surface area (Å²) in [6.45, 7) is 8.14. The Morgan fingerprint density at radius 2 is 1.47 bits per heavy atom. The summed E-state index contributed by atoms with van der Waals surface area (Å²) < 4.78 is 11.9.